The molecule has 0 spiro atoms. The van der Waals surface area contributed by atoms with Gasteiger partial charge >= 0.3 is 0 Å². The fourth-order valence-corrected chi connectivity index (χ4v) is 1.83. The first-order valence-electron chi connectivity index (χ1n) is 6.44. The lowest BCUT2D eigenvalue weighted by Gasteiger charge is -2.11. The summed E-state index contributed by atoms with van der Waals surface area (Å²) in [5, 5.41) is 2.49. The van der Waals surface area contributed by atoms with Gasteiger partial charge in [-0.25, -0.2) is 0 Å². The van der Waals surface area contributed by atoms with Crippen LogP contribution in [0.4, 0.5) is 0 Å². The van der Waals surface area contributed by atoms with Crippen molar-refractivity contribution in [2.24, 2.45) is 0 Å². The zero-order valence-electron chi connectivity index (χ0n) is 11.8. The van der Waals surface area contributed by atoms with Gasteiger partial charge in [0.2, 0.25) is 0 Å². The van der Waals surface area contributed by atoms with Crippen molar-refractivity contribution in [2.75, 3.05) is 0 Å². The summed E-state index contributed by atoms with van der Waals surface area (Å²) in [6, 6.07) is 10.2. The first-order chi connectivity index (χ1) is 10.6. The van der Waals surface area contributed by atoms with E-state index in [1.165, 1.54) is 12.4 Å². The molecule has 2 rings (SSSR count). The normalized spacial score (nSPS) is 9.68. The van der Waals surface area contributed by atoms with Crippen LogP contribution >= 0.6 is 12.2 Å². The number of benzene rings is 1. The topological polar surface area (TPSA) is 83.1 Å². The van der Waals surface area contributed by atoms with Gasteiger partial charge in [0.15, 0.2) is 5.11 Å². The van der Waals surface area contributed by atoms with E-state index in [1.807, 2.05) is 13.0 Å². The second-order valence-electron chi connectivity index (χ2n) is 4.47. The Balaban J connectivity index is 1.86. The highest BCUT2D eigenvalue weighted by atomic mass is 32.1. The minimum atomic E-state index is -0.380. The first kappa shape index (κ1) is 15.6. The zero-order chi connectivity index (χ0) is 15.9. The van der Waals surface area contributed by atoms with Crippen LogP contribution in [0.1, 0.15) is 26.3 Å². The minimum Gasteiger partial charge on any atom is -0.298 e. The molecule has 0 aliphatic heterocycles. The lowest BCUT2D eigenvalue weighted by Crippen LogP contribution is -2.48. The monoisotopic (exact) mass is 314 g/mol. The zero-order valence-corrected chi connectivity index (χ0v) is 12.6. The molecule has 0 unspecified atom stereocenters. The molecule has 2 amide bonds. The van der Waals surface area contributed by atoms with E-state index >= 15 is 0 Å². The summed E-state index contributed by atoms with van der Waals surface area (Å²) >= 11 is 4.96. The van der Waals surface area contributed by atoms with Crippen molar-refractivity contribution in [1.29, 1.82) is 0 Å². The van der Waals surface area contributed by atoms with E-state index < -0.39 is 0 Å². The fourth-order valence-electron chi connectivity index (χ4n) is 1.68. The first-order valence-corrected chi connectivity index (χ1v) is 6.85. The molecule has 0 atom stereocenters. The maximum atomic E-state index is 12.0. The van der Waals surface area contributed by atoms with E-state index in [1.54, 1.807) is 30.3 Å². The number of thiocarbonyl (C=S) groups is 1. The molecule has 0 bridgehead atoms. The van der Waals surface area contributed by atoms with Crippen molar-refractivity contribution in [1.82, 2.24) is 21.2 Å². The van der Waals surface area contributed by atoms with Gasteiger partial charge in [-0.1, -0.05) is 17.7 Å². The van der Waals surface area contributed by atoms with Crippen LogP contribution in [0.5, 0.6) is 0 Å². The number of carbonyl (C=O) groups excluding carboxylic acids is 2. The number of aromatic nitrogens is 1. The predicted molar refractivity (Wildman–Crippen MR) is 86.1 cm³/mol. The summed E-state index contributed by atoms with van der Waals surface area (Å²) < 4.78 is 0. The summed E-state index contributed by atoms with van der Waals surface area (Å²) in [7, 11) is 0. The molecule has 1 aromatic carbocycles. The van der Waals surface area contributed by atoms with Crippen molar-refractivity contribution in [2.45, 2.75) is 6.92 Å². The molecule has 0 radical (unpaired) electrons. The van der Waals surface area contributed by atoms with Gasteiger partial charge in [-0.05, 0) is 43.4 Å². The number of pyridine rings is 1. The standard InChI is InChI=1S/C15H14N4O2S/c1-10-3-2-4-12(9-10)13(20)17-15(22)19-18-14(21)11-5-7-16-8-6-11/h2-9H,1H3,(H,18,21)(H2,17,19,20,22). The van der Waals surface area contributed by atoms with Crippen LogP contribution in [0, 0.1) is 6.92 Å². The van der Waals surface area contributed by atoms with E-state index in [4.69, 9.17) is 12.2 Å². The highest BCUT2D eigenvalue weighted by molar-refractivity contribution is 7.80. The average molecular weight is 314 g/mol. The number of hydrazine groups is 1. The SMILES string of the molecule is Cc1cccc(C(=O)NC(=S)NNC(=O)c2ccncc2)c1. The van der Waals surface area contributed by atoms with E-state index in [0.717, 1.165) is 5.56 Å². The number of hydrogen-bond acceptors (Lipinski definition) is 4. The highest BCUT2D eigenvalue weighted by Gasteiger charge is 2.09. The maximum absolute atomic E-state index is 12.0. The summed E-state index contributed by atoms with van der Waals surface area (Å²) in [5.41, 5.74) is 6.76. The second-order valence-corrected chi connectivity index (χ2v) is 4.88. The van der Waals surface area contributed by atoms with Crippen LogP contribution in [-0.4, -0.2) is 21.9 Å². The molecule has 112 valence electrons. The molecular formula is C15H14N4O2S. The van der Waals surface area contributed by atoms with Crippen LogP contribution in [0.15, 0.2) is 48.8 Å². The number of hydrogen-bond donors (Lipinski definition) is 3. The predicted octanol–water partition coefficient (Wildman–Crippen LogP) is 1.34. The Morgan fingerprint density at radius 1 is 1.00 bits per heavy atom. The van der Waals surface area contributed by atoms with Gasteiger partial charge in [0.25, 0.3) is 11.8 Å². The number of nitrogens with zero attached hydrogens (tertiary/aromatic N) is 1. The highest BCUT2D eigenvalue weighted by Crippen LogP contribution is 2.03. The summed E-state index contributed by atoms with van der Waals surface area (Å²) in [6.45, 7) is 1.89. The van der Waals surface area contributed by atoms with E-state index in [9.17, 15) is 9.59 Å². The third-order valence-corrected chi connectivity index (χ3v) is 2.94. The van der Waals surface area contributed by atoms with Gasteiger partial charge in [0, 0.05) is 23.5 Å². The van der Waals surface area contributed by atoms with Crippen LogP contribution in [0.2, 0.25) is 0 Å². The smallest absolute Gasteiger partial charge is 0.269 e. The van der Waals surface area contributed by atoms with Gasteiger partial charge in [-0.15, -0.1) is 0 Å². The van der Waals surface area contributed by atoms with Crippen molar-refractivity contribution in [3.8, 4) is 0 Å². The van der Waals surface area contributed by atoms with E-state index in [-0.39, 0.29) is 16.9 Å². The van der Waals surface area contributed by atoms with Crippen LogP contribution in [0.25, 0.3) is 0 Å². The third-order valence-electron chi connectivity index (χ3n) is 2.74. The minimum absolute atomic E-state index is 0.00825. The van der Waals surface area contributed by atoms with Crippen molar-refractivity contribution in [3.63, 3.8) is 0 Å². The lowest BCUT2D eigenvalue weighted by molar-refractivity contribution is 0.0934. The molecule has 0 aliphatic rings. The molecule has 1 aromatic heterocycles. The Morgan fingerprint density at radius 3 is 2.41 bits per heavy atom. The summed E-state index contributed by atoms with van der Waals surface area (Å²) in [5.74, 6) is -0.728. The Kier molecular flexibility index (Phi) is 5.16. The van der Waals surface area contributed by atoms with Crippen LogP contribution in [0.3, 0.4) is 0 Å². The molecule has 0 aliphatic carbocycles. The maximum Gasteiger partial charge on any atom is 0.269 e. The number of amides is 2. The number of rotatable bonds is 2. The molecule has 3 N–H and O–H groups in total. The summed E-state index contributed by atoms with van der Waals surface area (Å²) in [6.07, 6.45) is 3.01. The van der Waals surface area contributed by atoms with Gasteiger partial charge in [0.1, 0.15) is 0 Å². The van der Waals surface area contributed by atoms with Crippen molar-refractivity contribution < 1.29 is 9.59 Å². The second kappa shape index (κ2) is 7.28. The van der Waals surface area contributed by atoms with Crippen LogP contribution in [-0.2, 0) is 0 Å². The Labute approximate surface area is 132 Å². The quantitative estimate of drug-likeness (QED) is 0.575. The number of aryl methyl sites for hydroxylation is 1. The van der Waals surface area contributed by atoms with Gasteiger partial charge in [-0.3, -0.25) is 30.7 Å². The van der Waals surface area contributed by atoms with Crippen molar-refractivity contribution >= 4 is 29.1 Å². The fraction of sp³-hybridized carbons (Fsp3) is 0.0667. The Morgan fingerprint density at radius 2 is 1.73 bits per heavy atom. The molecule has 6 nitrogen and oxygen atoms in total. The Bertz CT molecular complexity index is 704. The molecular weight excluding hydrogens is 300 g/mol. The van der Waals surface area contributed by atoms with E-state index in [0.29, 0.717) is 11.1 Å². The van der Waals surface area contributed by atoms with Crippen molar-refractivity contribution in [3.05, 3.63) is 65.5 Å². The molecule has 22 heavy (non-hydrogen) atoms. The third kappa shape index (κ3) is 4.35. The largest absolute Gasteiger partial charge is 0.298 e. The molecule has 0 fully saturated rings. The molecule has 2 aromatic rings. The van der Waals surface area contributed by atoms with Gasteiger partial charge in [-0.2, -0.15) is 0 Å². The molecule has 0 saturated heterocycles. The summed E-state index contributed by atoms with van der Waals surface area (Å²) in [4.78, 5) is 27.6. The average Bonchev–Trinajstić information content (AvgIpc) is 2.53. The molecule has 1 heterocycles. The van der Waals surface area contributed by atoms with E-state index in [2.05, 4.69) is 21.2 Å². The van der Waals surface area contributed by atoms with Gasteiger partial charge < -0.3 is 0 Å². The lowest BCUT2D eigenvalue weighted by atomic mass is 10.1. The van der Waals surface area contributed by atoms with Crippen LogP contribution < -0.4 is 16.2 Å². The Hall–Kier alpha value is -2.80. The van der Waals surface area contributed by atoms with Gasteiger partial charge in [0.05, 0.1) is 0 Å². The molecule has 0 saturated carbocycles. The number of carbonyl (C=O) groups is 2. The number of nitrogens with one attached hydrogen (secondary N) is 3. The molecule has 7 heteroatoms.